The first-order valence-electron chi connectivity index (χ1n) is 12.9. The molecule has 1 aromatic heterocycles. The summed E-state index contributed by atoms with van der Waals surface area (Å²) in [6, 6.07) is 14.9. The van der Waals surface area contributed by atoms with Crippen molar-refractivity contribution in [3.63, 3.8) is 0 Å². The lowest BCUT2D eigenvalue weighted by Crippen LogP contribution is -2.38. The average molecular weight is 503 g/mol. The maximum absolute atomic E-state index is 5.56. The van der Waals surface area contributed by atoms with E-state index in [9.17, 15) is 0 Å². The largest absolute Gasteiger partial charge is 0.493 e. The van der Waals surface area contributed by atoms with Gasteiger partial charge in [0.25, 0.3) is 0 Å². The van der Waals surface area contributed by atoms with Crippen LogP contribution in [0, 0.1) is 12.3 Å². The van der Waals surface area contributed by atoms with Crippen LogP contribution in [0.15, 0.2) is 42.5 Å². The van der Waals surface area contributed by atoms with E-state index in [-0.39, 0.29) is 0 Å². The SMILES string of the molecule is C#CCN(C)CCCNc1nc(NC2CCN(Cc3ccccc3)CC2)c2cc(OC)c(OC)cc2n1. The van der Waals surface area contributed by atoms with Crippen LogP contribution >= 0.6 is 0 Å². The molecular formula is C29H38N6O2. The monoisotopic (exact) mass is 502 g/mol. The van der Waals surface area contributed by atoms with Gasteiger partial charge in [0.05, 0.1) is 26.3 Å². The lowest BCUT2D eigenvalue weighted by molar-refractivity contribution is 0.211. The Kier molecular flexibility index (Phi) is 9.41. The molecule has 1 aliphatic rings. The van der Waals surface area contributed by atoms with Crippen molar-refractivity contribution < 1.29 is 9.47 Å². The minimum atomic E-state index is 0.337. The molecule has 1 aliphatic heterocycles. The Morgan fingerprint density at radius 3 is 2.51 bits per heavy atom. The van der Waals surface area contributed by atoms with Crippen molar-refractivity contribution >= 4 is 22.7 Å². The first-order valence-corrected chi connectivity index (χ1v) is 12.9. The van der Waals surface area contributed by atoms with E-state index in [2.05, 4.69) is 56.7 Å². The van der Waals surface area contributed by atoms with Gasteiger partial charge in [0.15, 0.2) is 11.5 Å². The molecule has 2 N–H and O–H groups in total. The van der Waals surface area contributed by atoms with Crippen LogP contribution in [0.1, 0.15) is 24.8 Å². The standard InChI is InChI=1S/C29H38N6O2/c1-5-15-34(2)16-9-14-30-29-32-25-20-27(37-4)26(36-3)19-24(25)28(33-29)31-23-12-17-35(18-13-23)21-22-10-7-6-8-11-22/h1,6-8,10-11,19-20,23H,9,12-18,21H2,2-4H3,(H2,30,31,32,33). The first kappa shape index (κ1) is 26.5. The van der Waals surface area contributed by atoms with Crippen LogP contribution in [-0.2, 0) is 6.54 Å². The molecular weight excluding hydrogens is 464 g/mol. The maximum Gasteiger partial charge on any atom is 0.225 e. The van der Waals surface area contributed by atoms with E-state index >= 15 is 0 Å². The van der Waals surface area contributed by atoms with Gasteiger partial charge in [-0.15, -0.1) is 6.42 Å². The van der Waals surface area contributed by atoms with E-state index in [1.165, 1.54) is 5.56 Å². The molecule has 3 aromatic rings. The molecule has 0 bridgehead atoms. The summed E-state index contributed by atoms with van der Waals surface area (Å²) in [5.74, 6) is 5.41. The number of methoxy groups -OCH3 is 2. The van der Waals surface area contributed by atoms with Crippen molar-refractivity contribution in [3.05, 3.63) is 48.0 Å². The van der Waals surface area contributed by atoms with E-state index < -0.39 is 0 Å². The van der Waals surface area contributed by atoms with Crippen LogP contribution in [0.25, 0.3) is 10.9 Å². The summed E-state index contributed by atoms with van der Waals surface area (Å²) in [5.41, 5.74) is 2.17. The van der Waals surface area contributed by atoms with Gasteiger partial charge >= 0.3 is 0 Å². The van der Waals surface area contributed by atoms with Crippen LogP contribution in [0.3, 0.4) is 0 Å². The molecule has 0 spiro atoms. The van der Waals surface area contributed by atoms with Gasteiger partial charge in [-0.05, 0) is 37.9 Å². The fraction of sp³-hybridized carbons (Fsp3) is 0.448. The van der Waals surface area contributed by atoms with Crippen molar-refractivity contribution in [1.82, 2.24) is 19.8 Å². The number of hydrogen-bond acceptors (Lipinski definition) is 8. The van der Waals surface area contributed by atoms with Gasteiger partial charge in [0.2, 0.25) is 5.95 Å². The molecule has 0 amide bonds. The highest BCUT2D eigenvalue weighted by atomic mass is 16.5. The summed E-state index contributed by atoms with van der Waals surface area (Å²) in [5, 5.41) is 8.03. The molecule has 4 rings (SSSR count). The van der Waals surface area contributed by atoms with Gasteiger partial charge in [-0.1, -0.05) is 36.3 Å². The smallest absolute Gasteiger partial charge is 0.225 e. The van der Waals surface area contributed by atoms with Crippen molar-refractivity contribution in [1.29, 1.82) is 0 Å². The number of benzene rings is 2. The molecule has 0 saturated carbocycles. The third-order valence-corrected chi connectivity index (χ3v) is 6.74. The number of aromatic nitrogens is 2. The minimum Gasteiger partial charge on any atom is -0.493 e. The lowest BCUT2D eigenvalue weighted by Gasteiger charge is -2.33. The van der Waals surface area contributed by atoms with E-state index in [1.54, 1.807) is 14.2 Å². The molecule has 2 heterocycles. The Morgan fingerprint density at radius 1 is 1.08 bits per heavy atom. The molecule has 8 heteroatoms. The van der Waals surface area contributed by atoms with Gasteiger partial charge in [-0.2, -0.15) is 4.98 Å². The van der Waals surface area contributed by atoms with Crippen molar-refractivity contribution in [2.24, 2.45) is 0 Å². The quantitative estimate of drug-likeness (QED) is 0.283. The maximum atomic E-state index is 5.56. The Bertz CT molecular complexity index is 1190. The average Bonchev–Trinajstić information content (AvgIpc) is 2.92. The number of likely N-dealkylation sites (tertiary alicyclic amines) is 1. The predicted octanol–water partition coefficient (Wildman–Crippen LogP) is 4.09. The number of nitrogens with one attached hydrogen (secondary N) is 2. The fourth-order valence-corrected chi connectivity index (χ4v) is 4.70. The van der Waals surface area contributed by atoms with Gasteiger partial charge in [0.1, 0.15) is 5.82 Å². The van der Waals surface area contributed by atoms with Crippen molar-refractivity contribution in [2.75, 3.05) is 64.6 Å². The van der Waals surface area contributed by atoms with Crippen molar-refractivity contribution in [3.8, 4) is 23.8 Å². The highest BCUT2D eigenvalue weighted by molar-refractivity contribution is 5.92. The topological polar surface area (TPSA) is 74.8 Å². The van der Waals surface area contributed by atoms with Crippen LogP contribution in [0.2, 0.25) is 0 Å². The number of rotatable bonds is 12. The van der Waals surface area contributed by atoms with Gasteiger partial charge in [-0.25, -0.2) is 4.98 Å². The highest BCUT2D eigenvalue weighted by Crippen LogP contribution is 2.35. The molecule has 8 nitrogen and oxygen atoms in total. The van der Waals surface area contributed by atoms with Gasteiger partial charge in [0, 0.05) is 50.2 Å². The number of nitrogens with zero attached hydrogens (tertiary/aromatic N) is 4. The first-order chi connectivity index (χ1) is 18.1. The number of fused-ring (bicyclic) bond motifs is 1. The highest BCUT2D eigenvalue weighted by Gasteiger charge is 2.21. The predicted molar refractivity (Wildman–Crippen MR) is 150 cm³/mol. The van der Waals surface area contributed by atoms with Crippen LogP contribution in [-0.4, -0.2) is 79.8 Å². The normalized spacial score (nSPS) is 14.5. The zero-order valence-electron chi connectivity index (χ0n) is 22.2. The Hall–Kier alpha value is -3.54. The summed E-state index contributed by atoms with van der Waals surface area (Å²) in [6.45, 7) is 5.39. The molecule has 1 fully saturated rings. The third kappa shape index (κ3) is 7.25. The second-order valence-corrected chi connectivity index (χ2v) is 9.52. The summed E-state index contributed by atoms with van der Waals surface area (Å²) in [6.07, 6.45) is 8.44. The van der Waals surface area contributed by atoms with Gasteiger partial charge < -0.3 is 20.1 Å². The fourth-order valence-electron chi connectivity index (χ4n) is 4.70. The molecule has 1 saturated heterocycles. The number of hydrogen-bond donors (Lipinski definition) is 2. The van der Waals surface area contributed by atoms with Crippen LogP contribution in [0.5, 0.6) is 11.5 Å². The number of ether oxygens (including phenoxy) is 2. The van der Waals surface area contributed by atoms with E-state index in [4.69, 9.17) is 25.9 Å². The Balaban J connectivity index is 1.47. The summed E-state index contributed by atoms with van der Waals surface area (Å²) in [7, 11) is 5.31. The summed E-state index contributed by atoms with van der Waals surface area (Å²) >= 11 is 0. The molecule has 0 unspecified atom stereocenters. The Labute approximate surface area is 220 Å². The van der Waals surface area contributed by atoms with Gasteiger partial charge in [-0.3, -0.25) is 9.80 Å². The molecule has 0 radical (unpaired) electrons. The zero-order chi connectivity index (χ0) is 26.0. The van der Waals surface area contributed by atoms with Crippen LogP contribution < -0.4 is 20.1 Å². The Morgan fingerprint density at radius 2 is 1.81 bits per heavy atom. The van der Waals surface area contributed by atoms with Crippen molar-refractivity contribution in [2.45, 2.75) is 31.8 Å². The molecule has 37 heavy (non-hydrogen) atoms. The number of piperidine rings is 1. The molecule has 196 valence electrons. The summed E-state index contributed by atoms with van der Waals surface area (Å²) in [4.78, 5) is 14.3. The van der Waals surface area contributed by atoms with E-state index in [0.717, 1.165) is 68.7 Å². The summed E-state index contributed by atoms with van der Waals surface area (Å²) < 4.78 is 11.1. The third-order valence-electron chi connectivity index (χ3n) is 6.74. The second kappa shape index (κ2) is 13.1. The zero-order valence-corrected chi connectivity index (χ0v) is 22.2. The van der Waals surface area contributed by atoms with E-state index in [1.807, 2.05) is 19.2 Å². The van der Waals surface area contributed by atoms with Crippen LogP contribution in [0.4, 0.5) is 11.8 Å². The number of terminal acetylenes is 1. The second-order valence-electron chi connectivity index (χ2n) is 9.52. The van der Waals surface area contributed by atoms with E-state index in [0.29, 0.717) is 30.0 Å². The molecule has 0 aliphatic carbocycles. The minimum absolute atomic E-state index is 0.337. The molecule has 0 atom stereocenters. The number of anilines is 2. The lowest BCUT2D eigenvalue weighted by atomic mass is 10.0. The molecule has 2 aromatic carbocycles.